The minimum Gasteiger partial charge on any atom is -0.343 e. The molecule has 1 rings (SSSR count). The Morgan fingerprint density at radius 3 is 2.22 bits per heavy atom. The molecule has 0 saturated heterocycles. The number of benzene rings is 1. The molecule has 1 N–H and O–H groups in total. The Hall–Kier alpha value is -1.64. The van der Waals surface area contributed by atoms with E-state index in [4.69, 9.17) is 0 Å². The number of hydrogen-bond acceptors (Lipinski definition) is 2. The quantitative estimate of drug-likeness (QED) is 0.892. The van der Waals surface area contributed by atoms with Crippen molar-refractivity contribution in [2.45, 2.75) is 46.1 Å². The molecule has 0 aromatic heterocycles. The van der Waals surface area contributed by atoms with E-state index in [9.17, 15) is 9.59 Å². The summed E-state index contributed by atoms with van der Waals surface area (Å²) < 4.78 is 0. The van der Waals surface area contributed by atoms with E-state index in [1.54, 1.807) is 13.0 Å². The second-order valence-corrected chi connectivity index (χ2v) is 5.60. The molecule has 1 atom stereocenters. The van der Waals surface area contributed by atoms with Gasteiger partial charge in [-0.15, -0.1) is 0 Å². The normalized spacial score (nSPS) is 12.9. The molecule has 1 aromatic carbocycles. The van der Waals surface area contributed by atoms with Crippen LogP contribution < -0.4 is 5.32 Å². The molecule has 0 fully saturated rings. The molecule has 3 heteroatoms. The molecule has 0 radical (unpaired) electrons. The number of carbonyl (C=O) groups is 2. The summed E-state index contributed by atoms with van der Waals surface area (Å²) in [6, 6.07) is 7.05. The van der Waals surface area contributed by atoms with E-state index >= 15 is 0 Å². The van der Waals surface area contributed by atoms with Crippen molar-refractivity contribution in [2.75, 3.05) is 0 Å². The largest absolute Gasteiger partial charge is 0.343 e. The molecule has 98 valence electrons. The van der Waals surface area contributed by atoms with Crippen LogP contribution in [0, 0.1) is 0 Å². The van der Waals surface area contributed by atoms with Gasteiger partial charge in [0.05, 0.1) is 6.04 Å². The van der Waals surface area contributed by atoms with E-state index in [0.29, 0.717) is 5.56 Å². The topological polar surface area (TPSA) is 46.2 Å². The smallest absolute Gasteiger partial charge is 0.252 e. The van der Waals surface area contributed by atoms with Gasteiger partial charge in [0.2, 0.25) is 0 Å². The summed E-state index contributed by atoms with van der Waals surface area (Å²) in [7, 11) is 0. The van der Waals surface area contributed by atoms with Crippen molar-refractivity contribution in [3.8, 4) is 0 Å². The molecule has 1 unspecified atom stereocenters. The Morgan fingerprint density at radius 1 is 1.17 bits per heavy atom. The monoisotopic (exact) mass is 247 g/mol. The molecule has 18 heavy (non-hydrogen) atoms. The number of rotatable bonds is 3. The molecule has 0 aliphatic carbocycles. The Kier molecular flexibility index (Phi) is 4.28. The highest BCUT2D eigenvalue weighted by Crippen LogP contribution is 2.25. The lowest BCUT2D eigenvalue weighted by Crippen LogP contribution is -2.38. The van der Waals surface area contributed by atoms with Gasteiger partial charge in [0.15, 0.2) is 5.78 Å². The maximum atomic E-state index is 12.2. The van der Waals surface area contributed by atoms with Crippen molar-refractivity contribution in [1.82, 2.24) is 5.32 Å². The maximum Gasteiger partial charge on any atom is 0.252 e. The lowest BCUT2D eigenvalue weighted by atomic mass is 9.83. The lowest BCUT2D eigenvalue weighted by Gasteiger charge is -2.23. The van der Waals surface area contributed by atoms with Crippen LogP contribution in [0.1, 0.15) is 50.5 Å². The van der Waals surface area contributed by atoms with Crippen molar-refractivity contribution < 1.29 is 9.59 Å². The fraction of sp³-hybridized carbons (Fsp3) is 0.467. The molecule has 0 bridgehead atoms. The van der Waals surface area contributed by atoms with E-state index in [2.05, 4.69) is 26.1 Å². The molecule has 0 aliphatic rings. The Balaban J connectivity index is 3.03. The van der Waals surface area contributed by atoms with Gasteiger partial charge in [0.1, 0.15) is 0 Å². The van der Waals surface area contributed by atoms with Crippen LogP contribution in [-0.4, -0.2) is 17.7 Å². The molecule has 3 nitrogen and oxygen atoms in total. The highest BCUT2D eigenvalue weighted by Gasteiger charge is 2.22. The molecule has 1 aromatic rings. The van der Waals surface area contributed by atoms with Gasteiger partial charge < -0.3 is 5.32 Å². The van der Waals surface area contributed by atoms with Gasteiger partial charge in [0.25, 0.3) is 5.91 Å². The molecule has 0 spiro atoms. The van der Waals surface area contributed by atoms with Crippen molar-refractivity contribution in [2.24, 2.45) is 0 Å². The van der Waals surface area contributed by atoms with Crippen molar-refractivity contribution in [3.05, 3.63) is 35.4 Å². The van der Waals surface area contributed by atoms with Gasteiger partial charge in [-0.1, -0.05) is 39.0 Å². The number of hydrogen-bond donors (Lipinski definition) is 1. The van der Waals surface area contributed by atoms with E-state index in [1.807, 2.05) is 18.2 Å². The van der Waals surface area contributed by atoms with Crippen LogP contribution in [-0.2, 0) is 10.2 Å². The van der Waals surface area contributed by atoms with Gasteiger partial charge in [-0.25, -0.2) is 0 Å². The van der Waals surface area contributed by atoms with Gasteiger partial charge in [0, 0.05) is 5.56 Å². The summed E-state index contributed by atoms with van der Waals surface area (Å²) in [5.74, 6) is -0.236. The van der Waals surface area contributed by atoms with E-state index in [-0.39, 0.29) is 17.1 Å². The van der Waals surface area contributed by atoms with Gasteiger partial charge in [-0.2, -0.15) is 0 Å². The fourth-order valence-corrected chi connectivity index (χ4v) is 1.71. The average Bonchev–Trinajstić information content (AvgIpc) is 2.27. The molecular formula is C15H21NO2. The summed E-state index contributed by atoms with van der Waals surface area (Å²) >= 11 is 0. The first-order valence-electron chi connectivity index (χ1n) is 6.14. The summed E-state index contributed by atoms with van der Waals surface area (Å²) in [5, 5.41) is 2.72. The summed E-state index contributed by atoms with van der Waals surface area (Å²) in [5.41, 5.74) is 1.52. The van der Waals surface area contributed by atoms with Crippen LogP contribution in [0.5, 0.6) is 0 Å². The second-order valence-electron chi connectivity index (χ2n) is 5.60. The number of ketones is 1. The average molecular weight is 247 g/mol. The highest BCUT2D eigenvalue weighted by molar-refractivity contribution is 5.98. The first-order valence-corrected chi connectivity index (χ1v) is 6.14. The number of amides is 1. The van der Waals surface area contributed by atoms with Crippen molar-refractivity contribution >= 4 is 11.7 Å². The van der Waals surface area contributed by atoms with Crippen LogP contribution in [0.25, 0.3) is 0 Å². The molecule has 0 aliphatic heterocycles. The first-order chi connectivity index (χ1) is 8.23. The third-order valence-corrected chi connectivity index (χ3v) is 2.94. The zero-order chi connectivity index (χ0) is 13.9. The SMILES string of the molecule is CC(=O)C(C)NC(=O)c1ccccc1C(C)(C)C. The lowest BCUT2D eigenvalue weighted by molar-refractivity contribution is -0.118. The minimum atomic E-state index is -0.453. The van der Waals surface area contributed by atoms with Crippen LogP contribution >= 0.6 is 0 Å². The van der Waals surface area contributed by atoms with Gasteiger partial charge in [-0.3, -0.25) is 9.59 Å². The predicted molar refractivity (Wildman–Crippen MR) is 72.8 cm³/mol. The van der Waals surface area contributed by atoms with E-state index in [1.165, 1.54) is 6.92 Å². The standard InChI is InChI=1S/C15H21NO2/c1-10(11(2)17)16-14(18)12-8-6-7-9-13(12)15(3,4)5/h6-10H,1-5H3,(H,16,18). The Labute approximate surface area is 109 Å². The zero-order valence-corrected chi connectivity index (χ0v) is 11.7. The molecular weight excluding hydrogens is 226 g/mol. The first kappa shape index (κ1) is 14.4. The highest BCUT2D eigenvalue weighted by atomic mass is 16.2. The Bertz CT molecular complexity index is 458. The van der Waals surface area contributed by atoms with Gasteiger partial charge in [-0.05, 0) is 30.9 Å². The molecule has 0 saturated carbocycles. The van der Waals surface area contributed by atoms with Crippen LogP contribution in [0.2, 0.25) is 0 Å². The van der Waals surface area contributed by atoms with Crippen molar-refractivity contribution in [3.63, 3.8) is 0 Å². The van der Waals surface area contributed by atoms with Crippen molar-refractivity contribution in [1.29, 1.82) is 0 Å². The fourth-order valence-electron chi connectivity index (χ4n) is 1.71. The van der Waals surface area contributed by atoms with Crippen LogP contribution in [0.3, 0.4) is 0 Å². The van der Waals surface area contributed by atoms with E-state index in [0.717, 1.165) is 5.56 Å². The zero-order valence-electron chi connectivity index (χ0n) is 11.7. The predicted octanol–water partition coefficient (Wildman–Crippen LogP) is 2.69. The minimum absolute atomic E-state index is 0.0448. The summed E-state index contributed by atoms with van der Waals surface area (Å²) in [4.78, 5) is 23.3. The summed E-state index contributed by atoms with van der Waals surface area (Å²) in [6.07, 6.45) is 0. The van der Waals surface area contributed by atoms with Crippen LogP contribution in [0.4, 0.5) is 0 Å². The summed E-state index contributed by atoms with van der Waals surface area (Å²) in [6.45, 7) is 9.36. The third kappa shape index (κ3) is 3.42. The third-order valence-electron chi connectivity index (χ3n) is 2.94. The van der Waals surface area contributed by atoms with Crippen LogP contribution in [0.15, 0.2) is 24.3 Å². The maximum absolute atomic E-state index is 12.2. The number of Topliss-reactive ketones (excluding diaryl/α,β-unsaturated/α-hetero) is 1. The molecule has 0 heterocycles. The number of carbonyl (C=O) groups excluding carboxylic acids is 2. The molecule has 1 amide bonds. The second kappa shape index (κ2) is 5.34. The van der Waals surface area contributed by atoms with Gasteiger partial charge >= 0.3 is 0 Å². The van der Waals surface area contributed by atoms with E-state index < -0.39 is 6.04 Å². The number of nitrogens with one attached hydrogen (secondary N) is 1. The Morgan fingerprint density at radius 2 is 1.72 bits per heavy atom.